The monoisotopic (exact) mass is 261 g/mol. The molecule has 3 rings (SSSR count). The van der Waals surface area contributed by atoms with E-state index >= 15 is 0 Å². The lowest BCUT2D eigenvalue weighted by Gasteiger charge is -2.32. The van der Waals surface area contributed by atoms with Crippen molar-refractivity contribution in [2.24, 2.45) is 12.8 Å². The molecule has 2 aromatic heterocycles. The molecule has 0 saturated heterocycles. The second-order valence-corrected chi connectivity index (χ2v) is 5.34. The fraction of sp³-hybridized carbons (Fsp3) is 0.615. The molecule has 19 heavy (non-hydrogen) atoms. The molecule has 0 aliphatic heterocycles. The van der Waals surface area contributed by atoms with Crippen molar-refractivity contribution >= 4 is 0 Å². The summed E-state index contributed by atoms with van der Waals surface area (Å²) in [7, 11) is 1.87. The Bertz CT molecular complexity index is 553. The van der Waals surface area contributed by atoms with Gasteiger partial charge in [0.05, 0.1) is 5.41 Å². The van der Waals surface area contributed by atoms with E-state index in [1.54, 1.807) is 4.68 Å². The second kappa shape index (κ2) is 4.77. The summed E-state index contributed by atoms with van der Waals surface area (Å²) in [5.74, 6) is 1.23. The molecule has 1 aliphatic carbocycles. The van der Waals surface area contributed by atoms with Crippen LogP contribution in [0.2, 0.25) is 0 Å². The summed E-state index contributed by atoms with van der Waals surface area (Å²) < 4.78 is 7.20. The van der Waals surface area contributed by atoms with Crippen LogP contribution in [0.25, 0.3) is 11.5 Å². The number of aromatic nitrogens is 4. The predicted octanol–water partition coefficient (Wildman–Crippen LogP) is 1.63. The van der Waals surface area contributed by atoms with Crippen molar-refractivity contribution in [2.45, 2.75) is 37.5 Å². The van der Waals surface area contributed by atoms with Gasteiger partial charge in [-0.1, -0.05) is 24.4 Å². The van der Waals surface area contributed by atoms with Crippen molar-refractivity contribution in [3.05, 3.63) is 18.2 Å². The Morgan fingerprint density at radius 3 is 2.79 bits per heavy atom. The summed E-state index contributed by atoms with van der Waals surface area (Å²) in [5.41, 5.74) is 6.58. The van der Waals surface area contributed by atoms with E-state index in [0.29, 0.717) is 18.3 Å². The van der Waals surface area contributed by atoms with Crippen molar-refractivity contribution in [2.75, 3.05) is 6.54 Å². The van der Waals surface area contributed by atoms with Gasteiger partial charge in [0.2, 0.25) is 11.7 Å². The fourth-order valence-corrected chi connectivity index (χ4v) is 2.81. The molecule has 0 spiro atoms. The van der Waals surface area contributed by atoms with Gasteiger partial charge in [0, 0.05) is 19.8 Å². The van der Waals surface area contributed by atoms with Crippen molar-refractivity contribution < 1.29 is 4.52 Å². The maximum atomic E-state index is 5.97. The first kappa shape index (κ1) is 12.3. The third-order valence-electron chi connectivity index (χ3n) is 4.02. The highest BCUT2D eigenvalue weighted by Crippen LogP contribution is 2.38. The molecular formula is C13H19N5O. The van der Waals surface area contributed by atoms with Crippen molar-refractivity contribution in [1.82, 2.24) is 19.9 Å². The summed E-state index contributed by atoms with van der Waals surface area (Å²) >= 11 is 0. The number of aryl methyl sites for hydroxylation is 1. The Labute approximate surface area is 112 Å². The lowest BCUT2D eigenvalue weighted by atomic mass is 9.74. The van der Waals surface area contributed by atoms with Gasteiger partial charge in [-0.3, -0.25) is 4.68 Å². The van der Waals surface area contributed by atoms with E-state index in [4.69, 9.17) is 10.3 Å². The molecule has 0 amide bonds. The Morgan fingerprint density at radius 2 is 2.16 bits per heavy atom. The van der Waals surface area contributed by atoms with Crippen LogP contribution in [0.5, 0.6) is 0 Å². The molecule has 1 fully saturated rings. The van der Waals surface area contributed by atoms with Crippen molar-refractivity contribution in [1.29, 1.82) is 0 Å². The van der Waals surface area contributed by atoms with Gasteiger partial charge in [0.1, 0.15) is 5.69 Å². The molecule has 0 unspecified atom stereocenters. The maximum Gasteiger partial charge on any atom is 0.234 e. The average Bonchev–Trinajstić information content (AvgIpc) is 3.08. The number of hydrogen-bond acceptors (Lipinski definition) is 5. The summed E-state index contributed by atoms with van der Waals surface area (Å²) in [6.45, 7) is 0.566. The van der Waals surface area contributed by atoms with Gasteiger partial charge >= 0.3 is 0 Å². The largest absolute Gasteiger partial charge is 0.338 e. The molecule has 0 bridgehead atoms. The van der Waals surface area contributed by atoms with Crippen LogP contribution in [0.4, 0.5) is 0 Å². The van der Waals surface area contributed by atoms with Gasteiger partial charge in [-0.15, -0.1) is 0 Å². The third kappa shape index (κ3) is 2.16. The highest BCUT2D eigenvalue weighted by atomic mass is 16.5. The minimum Gasteiger partial charge on any atom is -0.338 e. The second-order valence-electron chi connectivity index (χ2n) is 5.34. The zero-order valence-electron chi connectivity index (χ0n) is 11.2. The molecule has 1 aliphatic rings. The number of nitrogens with zero attached hydrogens (tertiary/aromatic N) is 4. The molecule has 1 saturated carbocycles. The Kier molecular flexibility index (Phi) is 3.10. The quantitative estimate of drug-likeness (QED) is 0.908. The normalized spacial score (nSPS) is 18.6. The number of rotatable bonds is 3. The summed E-state index contributed by atoms with van der Waals surface area (Å²) in [5, 5.41) is 8.34. The van der Waals surface area contributed by atoms with E-state index in [1.807, 2.05) is 19.3 Å². The molecule has 6 heteroatoms. The van der Waals surface area contributed by atoms with Crippen LogP contribution in [-0.2, 0) is 12.5 Å². The first-order chi connectivity index (χ1) is 9.23. The maximum absolute atomic E-state index is 5.97. The van der Waals surface area contributed by atoms with Gasteiger partial charge in [0.25, 0.3) is 0 Å². The van der Waals surface area contributed by atoms with Gasteiger partial charge in [-0.2, -0.15) is 10.1 Å². The molecular weight excluding hydrogens is 242 g/mol. The van der Waals surface area contributed by atoms with E-state index in [2.05, 4.69) is 15.2 Å². The summed E-state index contributed by atoms with van der Waals surface area (Å²) in [6.07, 6.45) is 7.56. The fourth-order valence-electron chi connectivity index (χ4n) is 2.81. The van der Waals surface area contributed by atoms with E-state index < -0.39 is 0 Å². The zero-order valence-corrected chi connectivity index (χ0v) is 11.2. The van der Waals surface area contributed by atoms with E-state index in [0.717, 1.165) is 18.5 Å². The Morgan fingerprint density at radius 1 is 1.37 bits per heavy atom. The molecule has 0 atom stereocenters. The average molecular weight is 261 g/mol. The van der Waals surface area contributed by atoms with Gasteiger partial charge in [-0.25, -0.2) is 0 Å². The summed E-state index contributed by atoms with van der Waals surface area (Å²) in [6, 6.07) is 1.88. The Balaban J connectivity index is 1.91. The van der Waals surface area contributed by atoms with Crippen LogP contribution in [0.3, 0.4) is 0 Å². The first-order valence-electron chi connectivity index (χ1n) is 6.78. The summed E-state index contributed by atoms with van der Waals surface area (Å²) in [4.78, 5) is 4.53. The topological polar surface area (TPSA) is 82.8 Å². The molecule has 0 aromatic carbocycles. The Hall–Kier alpha value is -1.69. The molecule has 102 valence electrons. The molecule has 2 aromatic rings. The van der Waals surface area contributed by atoms with Crippen molar-refractivity contribution in [3.8, 4) is 11.5 Å². The molecule has 0 radical (unpaired) electrons. The smallest absolute Gasteiger partial charge is 0.234 e. The highest BCUT2D eigenvalue weighted by molar-refractivity contribution is 5.47. The molecule has 2 heterocycles. The van der Waals surface area contributed by atoms with Crippen LogP contribution >= 0.6 is 0 Å². The van der Waals surface area contributed by atoms with E-state index in [-0.39, 0.29) is 5.41 Å². The first-order valence-corrected chi connectivity index (χ1v) is 6.78. The zero-order chi connectivity index (χ0) is 13.3. The van der Waals surface area contributed by atoms with Crippen LogP contribution in [0.1, 0.15) is 38.0 Å². The molecule has 2 N–H and O–H groups in total. The highest BCUT2D eigenvalue weighted by Gasteiger charge is 2.38. The predicted molar refractivity (Wildman–Crippen MR) is 70.3 cm³/mol. The lowest BCUT2D eigenvalue weighted by molar-refractivity contribution is 0.220. The van der Waals surface area contributed by atoms with Crippen molar-refractivity contribution in [3.63, 3.8) is 0 Å². The SMILES string of the molecule is Cn1ccc(-c2noc(C3(CN)CCCCC3)n2)n1. The standard InChI is InChI=1S/C13H19N5O/c1-18-8-5-10(16-18)11-15-12(19-17-11)13(9-14)6-3-2-4-7-13/h5,8H,2-4,6-7,9,14H2,1H3. The van der Waals surface area contributed by atoms with Gasteiger partial charge in [-0.05, 0) is 18.9 Å². The van der Waals surface area contributed by atoms with Crippen LogP contribution in [-0.4, -0.2) is 26.5 Å². The van der Waals surface area contributed by atoms with Crippen LogP contribution in [0.15, 0.2) is 16.8 Å². The third-order valence-corrected chi connectivity index (χ3v) is 4.02. The van der Waals surface area contributed by atoms with E-state index in [1.165, 1.54) is 19.3 Å². The minimum atomic E-state index is -0.127. The van der Waals surface area contributed by atoms with E-state index in [9.17, 15) is 0 Å². The number of hydrogen-bond donors (Lipinski definition) is 1. The van der Waals surface area contributed by atoms with Gasteiger partial charge < -0.3 is 10.3 Å². The molecule has 6 nitrogen and oxygen atoms in total. The van der Waals surface area contributed by atoms with Crippen LogP contribution in [0, 0.1) is 0 Å². The van der Waals surface area contributed by atoms with Gasteiger partial charge in [0.15, 0.2) is 0 Å². The lowest BCUT2D eigenvalue weighted by Crippen LogP contribution is -2.37. The number of nitrogens with two attached hydrogens (primary N) is 1. The minimum absolute atomic E-state index is 0.127. The van der Waals surface area contributed by atoms with Crippen LogP contribution < -0.4 is 5.73 Å².